The number of hydrogen-bond acceptors (Lipinski definition) is 4. The third-order valence-corrected chi connectivity index (χ3v) is 6.28. The van der Waals surface area contributed by atoms with Crippen LogP contribution in [-0.4, -0.2) is 44.1 Å². The van der Waals surface area contributed by atoms with Crippen LogP contribution in [0.1, 0.15) is 31.7 Å². The fourth-order valence-corrected chi connectivity index (χ4v) is 4.17. The third-order valence-electron chi connectivity index (χ3n) is 6.02. The molecule has 2 aromatic heterocycles. The summed E-state index contributed by atoms with van der Waals surface area (Å²) in [4.78, 5) is 16.1. The molecule has 178 valence electrons. The molecule has 35 heavy (non-hydrogen) atoms. The number of aromatic nitrogens is 4. The summed E-state index contributed by atoms with van der Waals surface area (Å²) in [5, 5.41) is 0.692. The number of imidazole rings is 1. The van der Waals surface area contributed by atoms with Crippen LogP contribution < -0.4 is 0 Å². The molecular weight excluding hydrogens is 454 g/mol. The zero-order chi connectivity index (χ0) is 24.5. The predicted molar refractivity (Wildman–Crippen MR) is 143 cm³/mol. The Hall–Kier alpha value is -3.46. The first kappa shape index (κ1) is 24.7. The van der Waals surface area contributed by atoms with E-state index in [0.29, 0.717) is 5.02 Å². The second-order valence-electron chi connectivity index (χ2n) is 8.20. The Morgan fingerprint density at radius 1 is 0.971 bits per heavy atom. The Morgan fingerprint density at radius 3 is 2.43 bits per heavy atom. The van der Waals surface area contributed by atoms with E-state index in [0.717, 1.165) is 67.5 Å². The summed E-state index contributed by atoms with van der Waals surface area (Å²) in [5.41, 5.74) is 4.86. The van der Waals surface area contributed by atoms with Gasteiger partial charge in [0.15, 0.2) is 5.82 Å². The highest BCUT2D eigenvalue weighted by molar-refractivity contribution is 6.30. The highest BCUT2D eigenvalue weighted by Gasteiger charge is 2.20. The van der Waals surface area contributed by atoms with E-state index in [1.165, 1.54) is 5.56 Å². The largest absolute Gasteiger partial charge is 0.315 e. The van der Waals surface area contributed by atoms with E-state index in [2.05, 4.69) is 69.4 Å². The van der Waals surface area contributed by atoms with Gasteiger partial charge in [0.05, 0.1) is 17.1 Å². The van der Waals surface area contributed by atoms with Gasteiger partial charge in [0, 0.05) is 36.3 Å². The van der Waals surface area contributed by atoms with E-state index >= 15 is 0 Å². The lowest BCUT2D eigenvalue weighted by Crippen LogP contribution is -2.23. The van der Waals surface area contributed by atoms with Crippen molar-refractivity contribution >= 4 is 11.6 Å². The van der Waals surface area contributed by atoms with Gasteiger partial charge in [0.25, 0.3) is 0 Å². The van der Waals surface area contributed by atoms with Gasteiger partial charge in [-0.25, -0.2) is 15.0 Å². The van der Waals surface area contributed by atoms with Gasteiger partial charge in [-0.15, -0.1) is 0 Å². The lowest BCUT2D eigenvalue weighted by Gasteiger charge is -2.15. The van der Waals surface area contributed by atoms with Gasteiger partial charge < -0.3 is 9.47 Å². The van der Waals surface area contributed by atoms with Crippen LogP contribution in [0.2, 0.25) is 5.02 Å². The molecule has 0 amide bonds. The Bertz CT molecular complexity index is 1270. The molecule has 0 saturated heterocycles. The van der Waals surface area contributed by atoms with Gasteiger partial charge in [-0.3, -0.25) is 0 Å². The summed E-state index contributed by atoms with van der Waals surface area (Å²) < 4.78 is 2.20. The second kappa shape index (κ2) is 12.3. The van der Waals surface area contributed by atoms with Crippen molar-refractivity contribution in [2.24, 2.45) is 0 Å². The molecule has 5 nitrogen and oxygen atoms in total. The van der Waals surface area contributed by atoms with E-state index in [9.17, 15) is 0 Å². The van der Waals surface area contributed by atoms with E-state index in [-0.39, 0.29) is 0 Å². The molecule has 2 aromatic carbocycles. The average Bonchev–Trinajstić information content (AvgIpc) is 3.27. The second-order valence-corrected chi connectivity index (χ2v) is 8.64. The van der Waals surface area contributed by atoms with E-state index in [1.807, 2.05) is 36.4 Å². The molecule has 4 rings (SSSR count). The first-order valence-electron chi connectivity index (χ1n) is 12.1. The lowest BCUT2D eigenvalue weighted by atomic mass is 10.1. The maximum atomic E-state index is 6.17. The maximum absolute atomic E-state index is 6.17. The quantitative estimate of drug-likeness (QED) is 0.274. The van der Waals surface area contributed by atoms with Crippen molar-refractivity contribution in [1.82, 2.24) is 24.4 Å². The zero-order valence-electron chi connectivity index (χ0n) is 20.3. The van der Waals surface area contributed by atoms with Gasteiger partial charge in [-0.05, 0) is 49.2 Å². The molecule has 0 atom stereocenters. The smallest absolute Gasteiger partial charge is 0.186 e. The topological polar surface area (TPSA) is 46.8 Å². The highest BCUT2D eigenvalue weighted by Crippen LogP contribution is 2.32. The molecule has 4 aromatic rings. The standard InChI is InChI=1S/C29H30ClN5/c1-3-34(4-2)20-9-8-12-27-33-28(24-13-15-25(30)16-14-24)29(26-17-19-31-22-32-26)35(27)21-18-23-10-6-5-7-11-23/h5-7,10-11,13-17,19,22H,3-4,9,18,20-21H2,1-2H3. The van der Waals surface area contributed by atoms with Crippen molar-refractivity contribution in [3.63, 3.8) is 0 Å². The summed E-state index contributed by atoms with van der Waals surface area (Å²) in [7, 11) is 0. The number of benzene rings is 2. The molecule has 0 N–H and O–H groups in total. The van der Waals surface area contributed by atoms with Crippen molar-refractivity contribution in [3.8, 4) is 34.5 Å². The highest BCUT2D eigenvalue weighted by atomic mass is 35.5. The Morgan fingerprint density at radius 2 is 1.74 bits per heavy atom. The normalized spacial score (nSPS) is 10.9. The number of aryl methyl sites for hydroxylation is 1. The monoisotopic (exact) mass is 483 g/mol. The van der Waals surface area contributed by atoms with Crippen molar-refractivity contribution < 1.29 is 0 Å². The van der Waals surface area contributed by atoms with Crippen LogP contribution >= 0.6 is 11.6 Å². The van der Waals surface area contributed by atoms with Crippen molar-refractivity contribution in [2.75, 3.05) is 19.6 Å². The minimum Gasteiger partial charge on any atom is -0.315 e. The molecule has 0 spiro atoms. The minimum absolute atomic E-state index is 0.692. The zero-order valence-corrected chi connectivity index (χ0v) is 21.0. The fourth-order valence-electron chi connectivity index (χ4n) is 4.05. The van der Waals surface area contributed by atoms with Crippen LogP contribution in [0.5, 0.6) is 0 Å². The summed E-state index contributed by atoms with van der Waals surface area (Å²) in [5.74, 6) is 7.48. The first-order valence-corrected chi connectivity index (χ1v) is 12.4. The number of nitrogens with zero attached hydrogens (tertiary/aromatic N) is 5. The molecule has 2 heterocycles. The molecule has 6 heteroatoms. The Labute approximate surface area is 212 Å². The summed E-state index contributed by atoms with van der Waals surface area (Å²) in [6.07, 6.45) is 5.00. The third kappa shape index (κ3) is 6.36. The first-order chi connectivity index (χ1) is 17.2. The van der Waals surface area contributed by atoms with Gasteiger partial charge >= 0.3 is 0 Å². The van der Waals surface area contributed by atoms with Gasteiger partial charge in [-0.2, -0.15) is 0 Å². The van der Waals surface area contributed by atoms with Crippen molar-refractivity contribution in [2.45, 2.75) is 33.2 Å². The fraction of sp³-hybridized carbons (Fsp3) is 0.276. The van der Waals surface area contributed by atoms with Crippen molar-refractivity contribution in [3.05, 3.63) is 89.6 Å². The minimum atomic E-state index is 0.692. The molecule has 0 unspecified atom stereocenters. The molecular formula is C29H30ClN5. The number of halogens is 1. The van der Waals surface area contributed by atoms with Gasteiger partial charge in [-0.1, -0.05) is 73.8 Å². The van der Waals surface area contributed by atoms with Crippen LogP contribution in [0.4, 0.5) is 0 Å². The van der Waals surface area contributed by atoms with Crippen LogP contribution in [0.3, 0.4) is 0 Å². The van der Waals surface area contributed by atoms with E-state index in [1.54, 1.807) is 12.5 Å². The molecule has 0 aliphatic carbocycles. The number of hydrogen-bond donors (Lipinski definition) is 0. The Kier molecular flexibility index (Phi) is 8.67. The van der Waals surface area contributed by atoms with Crippen LogP contribution in [-0.2, 0) is 13.0 Å². The summed E-state index contributed by atoms with van der Waals surface area (Å²) in [6.45, 7) is 8.11. The van der Waals surface area contributed by atoms with Crippen LogP contribution in [0.25, 0.3) is 22.6 Å². The average molecular weight is 484 g/mol. The number of rotatable bonds is 9. The summed E-state index contributed by atoms with van der Waals surface area (Å²) in [6, 6.07) is 20.2. The molecule has 0 saturated carbocycles. The van der Waals surface area contributed by atoms with Crippen molar-refractivity contribution in [1.29, 1.82) is 0 Å². The van der Waals surface area contributed by atoms with E-state index < -0.39 is 0 Å². The lowest BCUT2D eigenvalue weighted by molar-refractivity contribution is 0.312. The predicted octanol–water partition coefficient (Wildman–Crippen LogP) is 5.99. The van der Waals surface area contributed by atoms with Gasteiger partial charge in [0.2, 0.25) is 0 Å². The SMILES string of the molecule is CCN(CC)CCC#Cc1nc(-c2ccc(Cl)cc2)c(-c2ccncn2)n1CCc1ccccc1. The maximum Gasteiger partial charge on any atom is 0.186 e. The van der Waals surface area contributed by atoms with Crippen LogP contribution in [0, 0.1) is 11.8 Å². The molecule has 0 fully saturated rings. The van der Waals surface area contributed by atoms with Crippen LogP contribution in [0.15, 0.2) is 73.2 Å². The van der Waals surface area contributed by atoms with E-state index in [4.69, 9.17) is 16.6 Å². The molecule has 0 radical (unpaired) electrons. The van der Waals surface area contributed by atoms with Gasteiger partial charge in [0.1, 0.15) is 6.33 Å². The Balaban J connectivity index is 1.78. The molecule has 0 aliphatic heterocycles. The molecule has 0 aliphatic rings. The molecule has 0 bridgehead atoms. The summed E-state index contributed by atoms with van der Waals surface area (Å²) >= 11 is 6.17.